The number of nitrogens with zero attached hydrogens (tertiary/aromatic N) is 3. The van der Waals surface area contributed by atoms with Gasteiger partial charge >= 0.3 is 0 Å². The lowest BCUT2D eigenvalue weighted by atomic mass is 10.2. The molecule has 7 heteroatoms. The quantitative estimate of drug-likeness (QED) is 0.453. The van der Waals surface area contributed by atoms with Gasteiger partial charge < -0.3 is 14.8 Å². The summed E-state index contributed by atoms with van der Waals surface area (Å²) in [7, 11) is 0. The van der Waals surface area contributed by atoms with Crippen LogP contribution in [0.25, 0.3) is 11.0 Å². The summed E-state index contributed by atoms with van der Waals surface area (Å²) in [6.45, 7) is 2.40. The van der Waals surface area contributed by atoms with Crippen LogP contribution in [-0.4, -0.2) is 22.0 Å². The van der Waals surface area contributed by atoms with E-state index in [4.69, 9.17) is 28.2 Å². The van der Waals surface area contributed by atoms with Crippen LogP contribution in [0.15, 0.2) is 66.7 Å². The summed E-state index contributed by atoms with van der Waals surface area (Å²) in [6.07, 6.45) is 0. The highest BCUT2D eigenvalue weighted by molar-refractivity contribution is 6.35. The summed E-state index contributed by atoms with van der Waals surface area (Å²) >= 11 is 12.3. The van der Waals surface area contributed by atoms with Gasteiger partial charge in [0, 0.05) is 35.1 Å². The van der Waals surface area contributed by atoms with Crippen molar-refractivity contribution in [1.82, 2.24) is 9.55 Å². The van der Waals surface area contributed by atoms with Crippen molar-refractivity contribution in [1.29, 1.82) is 0 Å². The minimum Gasteiger partial charge on any atom is -0.362 e. The van der Waals surface area contributed by atoms with Crippen LogP contribution in [-0.2, 0) is 13.1 Å². The molecule has 5 rings (SSSR count). The normalized spacial score (nSPS) is 13.3. The Morgan fingerprint density at radius 2 is 1.70 bits per heavy atom. The van der Waals surface area contributed by atoms with Crippen molar-refractivity contribution in [2.45, 2.75) is 13.1 Å². The molecular formula is C23H18Cl2N4O. The van der Waals surface area contributed by atoms with Crippen LogP contribution in [0.2, 0.25) is 10.0 Å². The fourth-order valence-corrected chi connectivity index (χ4v) is 4.20. The predicted octanol–water partition coefficient (Wildman–Crippen LogP) is 5.62. The SMILES string of the molecule is O=C(Nc1ccc(N2CCn3c(nc4cccc(Cl)c43)C2)cc1)c1ccc(Cl)cc1. The lowest BCUT2D eigenvalue weighted by molar-refractivity contribution is 0.102. The average Bonchev–Trinajstić information content (AvgIpc) is 3.13. The zero-order chi connectivity index (χ0) is 20.7. The number of aromatic nitrogens is 2. The number of anilines is 2. The van der Waals surface area contributed by atoms with Crippen molar-refractivity contribution in [3.8, 4) is 0 Å². The fraction of sp³-hybridized carbons (Fsp3) is 0.130. The molecule has 150 valence electrons. The number of amides is 1. The van der Waals surface area contributed by atoms with E-state index in [1.54, 1.807) is 24.3 Å². The fourth-order valence-electron chi connectivity index (χ4n) is 3.80. The number of hydrogen-bond acceptors (Lipinski definition) is 3. The highest BCUT2D eigenvalue weighted by atomic mass is 35.5. The molecule has 0 fully saturated rings. The molecule has 3 aromatic carbocycles. The maximum absolute atomic E-state index is 12.4. The lowest BCUT2D eigenvalue weighted by Crippen LogP contribution is -2.33. The molecule has 0 saturated carbocycles. The van der Waals surface area contributed by atoms with Gasteiger partial charge in [0.25, 0.3) is 5.91 Å². The molecule has 0 bridgehead atoms. The molecule has 1 amide bonds. The second-order valence-corrected chi connectivity index (χ2v) is 8.06. The first-order valence-electron chi connectivity index (χ1n) is 9.64. The third-order valence-corrected chi connectivity index (χ3v) is 5.88. The summed E-state index contributed by atoms with van der Waals surface area (Å²) in [5, 5.41) is 4.26. The Balaban J connectivity index is 1.31. The molecule has 4 aromatic rings. The van der Waals surface area contributed by atoms with Gasteiger partial charge in [0.05, 0.1) is 22.6 Å². The van der Waals surface area contributed by atoms with Crippen LogP contribution in [0.1, 0.15) is 16.2 Å². The van der Waals surface area contributed by atoms with Gasteiger partial charge in [0.1, 0.15) is 5.82 Å². The molecule has 2 heterocycles. The molecule has 1 aliphatic rings. The van der Waals surface area contributed by atoms with E-state index in [9.17, 15) is 4.79 Å². The number of nitrogens with one attached hydrogen (secondary N) is 1. The summed E-state index contributed by atoms with van der Waals surface area (Å²) in [6, 6.07) is 20.5. The smallest absolute Gasteiger partial charge is 0.255 e. The summed E-state index contributed by atoms with van der Waals surface area (Å²) in [5.74, 6) is 0.840. The van der Waals surface area contributed by atoms with Crippen molar-refractivity contribution in [2.75, 3.05) is 16.8 Å². The number of hydrogen-bond donors (Lipinski definition) is 1. The van der Waals surface area contributed by atoms with Crippen LogP contribution in [0, 0.1) is 0 Å². The van der Waals surface area contributed by atoms with Crippen molar-refractivity contribution >= 4 is 51.5 Å². The Hall–Kier alpha value is -3.02. The molecule has 0 radical (unpaired) electrons. The topological polar surface area (TPSA) is 50.2 Å². The minimum atomic E-state index is -0.164. The van der Waals surface area contributed by atoms with Crippen LogP contribution in [0.5, 0.6) is 0 Å². The second-order valence-electron chi connectivity index (χ2n) is 7.22. The first-order chi connectivity index (χ1) is 14.6. The Kier molecular flexibility index (Phi) is 4.85. The van der Waals surface area contributed by atoms with E-state index in [-0.39, 0.29) is 5.91 Å². The molecule has 5 nitrogen and oxygen atoms in total. The maximum Gasteiger partial charge on any atom is 0.255 e. The van der Waals surface area contributed by atoms with E-state index in [0.29, 0.717) is 17.1 Å². The molecule has 1 aliphatic heterocycles. The Bertz CT molecular complexity index is 1230. The molecule has 1 aromatic heterocycles. The monoisotopic (exact) mass is 436 g/mol. The van der Waals surface area contributed by atoms with E-state index in [1.807, 2.05) is 42.5 Å². The predicted molar refractivity (Wildman–Crippen MR) is 122 cm³/mol. The summed E-state index contributed by atoms with van der Waals surface area (Å²) in [4.78, 5) is 19.4. The number of carbonyl (C=O) groups is 1. The van der Waals surface area contributed by atoms with Crippen molar-refractivity contribution in [3.63, 3.8) is 0 Å². The third-order valence-electron chi connectivity index (χ3n) is 5.32. The lowest BCUT2D eigenvalue weighted by Gasteiger charge is -2.30. The Morgan fingerprint density at radius 1 is 0.933 bits per heavy atom. The van der Waals surface area contributed by atoms with E-state index in [2.05, 4.69) is 14.8 Å². The number of rotatable bonds is 3. The second kappa shape index (κ2) is 7.67. The molecule has 1 N–H and O–H groups in total. The molecule has 0 saturated heterocycles. The number of para-hydroxylation sites is 1. The van der Waals surface area contributed by atoms with Crippen molar-refractivity contribution in [2.24, 2.45) is 0 Å². The van der Waals surface area contributed by atoms with E-state index in [0.717, 1.165) is 46.3 Å². The zero-order valence-corrected chi connectivity index (χ0v) is 17.5. The number of imidazole rings is 1. The van der Waals surface area contributed by atoms with Gasteiger partial charge in [-0.05, 0) is 60.7 Å². The van der Waals surface area contributed by atoms with Crippen LogP contribution in [0.3, 0.4) is 0 Å². The molecule has 0 spiro atoms. The first kappa shape index (κ1) is 19.0. The molecule has 0 atom stereocenters. The number of benzene rings is 3. The van der Waals surface area contributed by atoms with Gasteiger partial charge in [-0.15, -0.1) is 0 Å². The van der Waals surface area contributed by atoms with Crippen molar-refractivity contribution in [3.05, 3.63) is 88.2 Å². The first-order valence-corrected chi connectivity index (χ1v) is 10.4. The maximum atomic E-state index is 12.4. The van der Waals surface area contributed by atoms with Crippen LogP contribution < -0.4 is 10.2 Å². The molecule has 0 aliphatic carbocycles. The van der Waals surface area contributed by atoms with Gasteiger partial charge in [-0.1, -0.05) is 29.3 Å². The Morgan fingerprint density at radius 3 is 2.47 bits per heavy atom. The molecule has 0 unspecified atom stereocenters. The highest BCUT2D eigenvalue weighted by Gasteiger charge is 2.21. The van der Waals surface area contributed by atoms with Gasteiger partial charge in [-0.2, -0.15) is 0 Å². The summed E-state index contributed by atoms with van der Waals surface area (Å²) < 4.78 is 2.20. The molecule has 30 heavy (non-hydrogen) atoms. The zero-order valence-electron chi connectivity index (χ0n) is 16.0. The highest BCUT2D eigenvalue weighted by Crippen LogP contribution is 2.29. The van der Waals surface area contributed by atoms with Gasteiger partial charge in [0.15, 0.2) is 0 Å². The number of halogens is 2. The van der Waals surface area contributed by atoms with Gasteiger partial charge in [-0.25, -0.2) is 4.98 Å². The Labute approximate surface area is 183 Å². The largest absolute Gasteiger partial charge is 0.362 e. The number of carbonyl (C=O) groups excluding carboxylic acids is 1. The standard InChI is InChI=1S/C23H18Cl2N4O/c24-16-6-4-15(5-7-16)23(30)26-17-8-10-18(11-9-17)28-12-13-29-21(14-28)27-20-3-1-2-19(25)22(20)29/h1-11H,12-14H2,(H,26,30). The third kappa shape index (κ3) is 3.51. The van der Waals surface area contributed by atoms with Gasteiger partial charge in [-0.3, -0.25) is 4.79 Å². The van der Waals surface area contributed by atoms with Crippen LogP contribution >= 0.6 is 23.2 Å². The van der Waals surface area contributed by atoms with E-state index in [1.165, 1.54) is 0 Å². The minimum absolute atomic E-state index is 0.164. The van der Waals surface area contributed by atoms with Gasteiger partial charge in [0.2, 0.25) is 0 Å². The average molecular weight is 437 g/mol. The van der Waals surface area contributed by atoms with E-state index >= 15 is 0 Å². The molecular weight excluding hydrogens is 419 g/mol. The summed E-state index contributed by atoms with van der Waals surface area (Å²) in [5.41, 5.74) is 4.34. The van der Waals surface area contributed by atoms with E-state index < -0.39 is 0 Å². The van der Waals surface area contributed by atoms with Crippen molar-refractivity contribution < 1.29 is 4.79 Å². The number of fused-ring (bicyclic) bond motifs is 3. The van der Waals surface area contributed by atoms with Crippen LogP contribution in [0.4, 0.5) is 11.4 Å².